The maximum absolute atomic E-state index is 2.48. The van der Waals surface area contributed by atoms with E-state index in [9.17, 15) is 0 Å². The Morgan fingerprint density at radius 1 is 0.280 bits per heavy atom. The third kappa shape index (κ3) is 6.73. The molecule has 2 nitrogen and oxygen atoms in total. The molecule has 12 aromatic carbocycles. The number of hydrogen-bond acceptors (Lipinski definition) is 2. The average Bonchev–Trinajstić information content (AvgIpc) is 3.64. The smallest absolute Gasteiger partial charge is 0.0534 e. The minimum absolute atomic E-state index is 0.141. The molecule has 75 heavy (non-hydrogen) atoms. The second-order valence-electron chi connectivity index (χ2n) is 20.8. The number of fused-ring (bicyclic) bond motifs is 10. The Kier molecular flexibility index (Phi) is 9.65. The SMILES string of the molecule is CC1(C)c2ccccc2-c2ccc(-c3ccccc3-c3c4ccc(N5c6ccccc6C=Cc6ccccc65)cc4c(-c4ccc5ccccc5c4)c4ccc(N5c6ccccc6C=Cc6ccccc65)cc34)cc21. The lowest BCUT2D eigenvalue weighted by molar-refractivity contribution is 0.660. The Labute approximate surface area is 438 Å². The molecular weight excluding hydrogens is 905 g/mol. The second kappa shape index (κ2) is 16.8. The van der Waals surface area contributed by atoms with Crippen LogP contribution in [0.5, 0.6) is 0 Å². The molecule has 0 bridgehead atoms. The molecule has 2 aliphatic heterocycles. The largest absolute Gasteiger partial charge is 0.309 e. The molecule has 1 aliphatic carbocycles. The van der Waals surface area contributed by atoms with Gasteiger partial charge < -0.3 is 9.80 Å². The highest BCUT2D eigenvalue weighted by Gasteiger charge is 2.36. The van der Waals surface area contributed by atoms with E-state index in [0.29, 0.717) is 0 Å². The van der Waals surface area contributed by atoms with Crippen molar-refractivity contribution in [3.05, 3.63) is 276 Å². The fraction of sp³-hybridized carbons (Fsp3) is 0.0411. The molecule has 12 aromatic rings. The molecule has 0 radical (unpaired) electrons. The van der Waals surface area contributed by atoms with Crippen LogP contribution in [0.1, 0.15) is 47.2 Å². The van der Waals surface area contributed by atoms with Crippen LogP contribution < -0.4 is 9.80 Å². The van der Waals surface area contributed by atoms with Crippen LogP contribution in [0, 0.1) is 0 Å². The number of anilines is 6. The van der Waals surface area contributed by atoms with Crippen LogP contribution in [0.4, 0.5) is 34.1 Å². The molecule has 0 fully saturated rings. The lowest BCUT2D eigenvalue weighted by Gasteiger charge is -2.29. The van der Waals surface area contributed by atoms with E-state index >= 15 is 0 Å². The van der Waals surface area contributed by atoms with Crippen molar-refractivity contribution in [2.24, 2.45) is 0 Å². The van der Waals surface area contributed by atoms with Gasteiger partial charge in [-0.25, -0.2) is 0 Å². The summed E-state index contributed by atoms with van der Waals surface area (Å²) < 4.78 is 0. The average molecular weight is 955 g/mol. The van der Waals surface area contributed by atoms with Crippen molar-refractivity contribution < 1.29 is 0 Å². The van der Waals surface area contributed by atoms with Gasteiger partial charge in [0, 0.05) is 16.8 Å². The molecule has 0 amide bonds. The first-order valence-electron chi connectivity index (χ1n) is 26.2. The van der Waals surface area contributed by atoms with Crippen LogP contribution in [0.25, 0.3) is 101 Å². The highest BCUT2D eigenvalue weighted by atomic mass is 15.2. The minimum Gasteiger partial charge on any atom is -0.309 e. The van der Waals surface area contributed by atoms with Gasteiger partial charge >= 0.3 is 0 Å². The molecule has 0 atom stereocenters. The summed E-state index contributed by atoms with van der Waals surface area (Å²) in [7, 11) is 0. The fourth-order valence-electron chi connectivity index (χ4n) is 12.8. The Bertz CT molecular complexity index is 4320. The van der Waals surface area contributed by atoms with Gasteiger partial charge in [0.2, 0.25) is 0 Å². The molecule has 352 valence electrons. The summed E-state index contributed by atoms with van der Waals surface area (Å²) in [6.07, 6.45) is 9.03. The summed E-state index contributed by atoms with van der Waals surface area (Å²) in [6, 6.07) is 90.7. The van der Waals surface area contributed by atoms with Crippen LogP contribution in [0.3, 0.4) is 0 Å². The Hall–Kier alpha value is -9.50. The summed E-state index contributed by atoms with van der Waals surface area (Å²) in [5, 5.41) is 7.22. The zero-order chi connectivity index (χ0) is 49.8. The number of benzene rings is 12. The molecule has 0 unspecified atom stereocenters. The van der Waals surface area contributed by atoms with Crippen LogP contribution >= 0.6 is 0 Å². The lowest BCUT2D eigenvalue weighted by atomic mass is 9.80. The molecule has 0 saturated carbocycles. The minimum atomic E-state index is -0.141. The van der Waals surface area contributed by atoms with Gasteiger partial charge in [-0.15, -0.1) is 0 Å². The molecule has 3 aliphatic rings. The number of hydrogen-bond donors (Lipinski definition) is 0. The standard InChI is InChI=1S/C73H50N2/c1-73(2)65-26-12-11-24-58(65)59-40-37-53(44-66(59)73)57-23-9-10-25-60(57)72-62-42-39-55(74-67-27-13-5-18-48(67)32-33-49-19-6-14-28-68(49)74)45-63(62)71(54-36-31-47-17-3-4-22-52(47)43-54)61-41-38-56(46-64(61)72)75-69-29-15-7-20-50(69)34-35-51-21-8-16-30-70(51)75/h3-46H,1-2H3. The van der Waals surface area contributed by atoms with Crippen LogP contribution in [0.15, 0.2) is 243 Å². The van der Waals surface area contributed by atoms with E-state index in [0.717, 1.165) is 34.1 Å². The predicted octanol–water partition coefficient (Wildman–Crippen LogP) is 20.4. The van der Waals surface area contributed by atoms with Crippen LogP contribution in [0.2, 0.25) is 0 Å². The normalized spacial score (nSPS) is 13.7. The van der Waals surface area contributed by atoms with E-state index in [1.54, 1.807) is 0 Å². The van der Waals surface area contributed by atoms with Crippen molar-refractivity contribution >= 4 is 90.7 Å². The zero-order valence-corrected chi connectivity index (χ0v) is 41.8. The van der Waals surface area contributed by atoms with Gasteiger partial charge in [0.05, 0.1) is 22.7 Å². The number of nitrogens with zero attached hydrogens (tertiary/aromatic N) is 2. The van der Waals surface area contributed by atoms with Crippen LogP contribution in [-0.4, -0.2) is 0 Å². The topological polar surface area (TPSA) is 6.48 Å². The van der Waals surface area contributed by atoms with Gasteiger partial charge in [-0.3, -0.25) is 0 Å². The Morgan fingerprint density at radius 3 is 1.31 bits per heavy atom. The third-order valence-corrected chi connectivity index (χ3v) is 16.3. The summed E-state index contributed by atoms with van der Waals surface area (Å²) >= 11 is 0. The van der Waals surface area contributed by atoms with E-state index in [1.807, 2.05) is 0 Å². The molecule has 0 saturated heterocycles. The van der Waals surface area contributed by atoms with Gasteiger partial charge in [0.1, 0.15) is 0 Å². The maximum Gasteiger partial charge on any atom is 0.0534 e. The first kappa shape index (κ1) is 43.1. The molecular formula is C73H50N2. The Balaban J connectivity index is 1.06. The van der Waals surface area contributed by atoms with Crippen molar-refractivity contribution in [2.75, 3.05) is 9.80 Å². The fourth-order valence-corrected chi connectivity index (χ4v) is 12.8. The van der Waals surface area contributed by atoms with Gasteiger partial charge in [-0.2, -0.15) is 0 Å². The van der Waals surface area contributed by atoms with E-state index in [2.05, 4.69) is 291 Å². The van der Waals surface area contributed by atoms with E-state index in [-0.39, 0.29) is 5.41 Å². The van der Waals surface area contributed by atoms with Crippen molar-refractivity contribution in [1.29, 1.82) is 0 Å². The maximum atomic E-state index is 2.48. The lowest BCUT2D eigenvalue weighted by Crippen LogP contribution is -2.14. The summed E-state index contributed by atoms with van der Waals surface area (Å²) in [5.41, 5.74) is 24.0. The van der Waals surface area contributed by atoms with Crippen molar-refractivity contribution in [2.45, 2.75) is 19.3 Å². The summed E-state index contributed by atoms with van der Waals surface area (Å²) in [6.45, 7) is 4.76. The highest BCUT2D eigenvalue weighted by molar-refractivity contribution is 6.24. The molecule has 0 N–H and O–H groups in total. The quantitative estimate of drug-likeness (QED) is 0.159. The van der Waals surface area contributed by atoms with E-state index < -0.39 is 0 Å². The van der Waals surface area contributed by atoms with Gasteiger partial charge in [-0.1, -0.05) is 220 Å². The third-order valence-electron chi connectivity index (χ3n) is 16.3. The molecule has 2 heteroatoms. The first-order chi connectivity index (χ1) is 37.0. The van der Waals surface area contributed by atoms with E-state index in [1.165, 1.54) is 110 Å². The molecule has 2 heterocycles. The Morgan fingerprint density at radius 2 is 0.720 bits per heavy atom. The molecule has 0 aromatic heterocycles. The van der Waals surface area contributed by atoms with E-state index in [4.69, 9.17) is 0 Å². The first-order valence-corrected chi connectivity index (χ1v) is 26.2. The molecule has 15 rings (SSSR count). The predicted molar refractivity (Wildman–Crippen MR) is 320 cm³/mol. The number of para-hydroxylation sites is 4. The number of rotatable bonds is 5. The van der Waals surface area contributed by atoms with Crippen molar-refractivity contribution in [3.63, 3.8) is 0 Å². The van der Waals surface area contributed by atoms with Gasteiger partial charge in [0.25, 0.3) is 0 Å². The van der Waals surface area contributed by atoms with Crippen molar-refractivity contribution in [1.82, 2.24) is 0 Å². The monoisotopic (exact) mass is 954 g/mol. The second-order valence-corrected chi connectivity index (χ2v) is 20.8. The van der Waals surface area contributed by atoms with Gasteiger partial charge in [0.15, 0.2) is 0 Å². The summed E-state index contributed by atoms with van der Waals surface area (Å²) in [4.78, 5) is 4.92. The molecule has 0 spiro atoms. The van der Waals surface area contributed by atoms with Crippen molar-refractivity contribution in [3.8, 4) is 44.5 Å². The van der Waals surface area contributed by atoms with Crippen LogP contribution in [-0.2, 0) is 5.41 Å². The highest BCUT2D eigenvalue weighted by Crippen LogP contribution is 2.54. The zero-order valence-electron chi connectivity index (χ0n) is 41.8. The van der Waals surface area contributed by atoms with Gasteiger partial charge in [-0.05, 0) is 171 Å². The summed E-state index contributed by atoms with van der Waals surface area (Å²) in [5.74, 6) is 0.